The second-order valence-corrected chi connectivity index (χ2v) is 5.25. The van der Waals surface area contributed by atoms with Gasteiger partial charge in [0.15, 0.2) is 0 Å². The highest BCUT2D eigenvalue weighted by Gasteiger charge is 1.96. The second kappa shape index (κ2) is 6.29. The lowest BCUT2D eigenvalue weighted by Crippen LogP contribution is -2.10. The van der Waals surface area contributed by atoms with Crippen molar-refractivity contribution in [3.8, 4) is 0 Å². The third-order valence-electron chi connectivity index (χ3n) is 1.67. The Morgan fingerprint density at radius 1 is 1.36 bits per heavy atom. The number of benzene rings is 1. The first kappa shape index (κ1) is 11.8. The van der Waals surface area contributed by atoms with Crippen molar-refractivity contribution in [2.75, 3.05) is 5.75 Å². The van der Waals surface area contributed by atoms with Gasteiger partial charge in [-0.2, -0.15) is 11.8 Å². The number of rotatable bonds is 5. The van der Waals surface area contributed by atoms with Crippen LogP contribution in [0.25, 0.3) is 0 Å². The molecular weight excluding hydrogens is 309 g/mol. The summed E-state index contributed by atoms with van der Waals surface area (Å²) in [6, 6.07) is 8.40. The molecule has 1 aromatic rings. The molecule has 0 aliphatic heterocycles. The minimum absolute atomic E-state index is 0.222. The molecule has 0 heterocycles. The van der Waals surface area contributed by atoms with Crippen molar-refractivity contribution in [1.29, 1.82) is 0 Å². The largest absolute Gasteiger partial charge is 0.370 e. The monoisotopic (exact) mass is 321 g/mol. The normalized spacial score (nSPS) is 10.1. The van der Waals surface area contributed by atoms with Crippen molar-refractivity contribution in [2.45, 2.75) is 12.2 Å². The van der Waals surface area contributed by atoms with Gasteiger partial charge in [0, 0.05) is 21.5 Å². The quantitative estimate of drug-likeness (QED) is 0.668. The highest BCUT2D eigenvalue weighted by molar-refractivity contribution is 14.1. The van der Waals surface area contributed by atoms with Gasteiger partial charge in [-0.15, -0.1) is 0 Å². The maximum Gasteiger partial charge on any atom is 0.218 e. The molecule has 1 rings (SSSR count). The summed E-state index contributed by atoms with van der Waals surface area (Å²) >= 11 is 4.02. The van der Waals surface area contributed by atoms with E-state index in [4.69, 9.17) is 5.73 Å². The molecule has 0 saturated heterocycles. The van der Waals surface area contributed by atoms with Crippen LogP contribution in [0.5, 0.6) is 0 Å². The predicted molar refractivity (Wildman–Crippen MR) is 69.1 cm³/mol. The minimum atomic E-state index is -0.222. The van der Waals surface area contributed by atoms with E-state index < -0.39 is 0 Å². The number of amides is 1. The number of halogens is 1. The molecule has 4 heteroatoms. The Hall–Kier alpha value is -0.230. The summed E-state index contributed by atoms with van der Waals surface area (Å²) in [5, 5.41) is 0. The number of hydrogen-bond donors (Lipinski definition) is 1. The Bertz CT molecular complexity index is 299. The molecule has 0 aliphatic carbocycles. The van der Waals surface area contributed by atoms with Gasteiger partial charge in [-0.25, -0.2) is 0 Å². The maximum absolute atomic E-state index is 10.5. The van der Waals surface area contributed by atoms with E-state index in [1.54, 1.807) is 11.8 Å². The molecule has 0 aromatic heterocycles. The fraction of sp³-hybridized carbons (Fsp3) is 0.300. The van der Waals surface area contributed by atoms with Gasteiger partial charge in [-0.1, -0.05) is 12.1 Å². The molecule has 0 saturated carbocycles. The molecule has 76 valence electrons. The van der Waals surface area contributed by atoms with Gasteiger partial charge < -0.3 is 5.73 Å². The molecule has 1 amide bonds. The summed E-state index contributed by atoms with van der Waals surface area (Å²) in [7, 11) is 0. The Labute approximate surface area is 102 Å². The summed E-state index contributed by atoms with van der Waals surface area (Å²) in [6.45, 7) is 0. The van der Waals surface area contributed by atoms with Crippen molar-refractivity contribution in [3.63, 3.8) is 0 Å². The van der Waals surface area contributed by atoms with E-state index in [1.807, 2.05) is 0 Å². The fourth-order valence-corrected chi connectivity index (χ4v) is 2.22. The Morgan fingerprint density at radius 2 is 2.00 bits per heavy atom. The number of thioether (sulfide) groups is 1. The number of carbonyl (C=O) groups is 1. The molecule has 2 nitrogen and oxygen atoms in total. The van der Waals surface area contributed by atoms with E-state index in [0.29, 0.717) is 6.42 Å². The highest BCUT2D eigenvalue weighted by Crippen LogP contribution is 2.14. The molecule has 0 radical (unpaired) electrons. The summed E-state index contributed by atoms with van der Waals surface area (Å²) < 4.78 is 1.24. The van der Waals surface area contributed by atoms with Crippen molar-refractivity contribution in [3.05, 3.63) is 33.4 Å². The standard InChI is InChI=1S/C10H12INOS/c11-9-3-1-8(2-4-9)7-14-6-5-10(12)13/h1-4H,5-7H2,(H2,12,13). The van der Waals surface area contributed by atoms with E-state index in [9.17, 15) is 4.79 Å². The molecule has 0 unspecified atom stereocenters. The fourth-order valence-electron chi connectivity index (χ4n) is 0.943. The van der Waals surface area contributed by atoms with Crippen LogP contribution in [-0.2, 0) is 10.5 Å². The zero-order valence-corrected chi connectivity index (χ0v) is 10.7. The summed E-state index contributed by atoms with van der Waals surface area (Å²) in [5.74, 6) is 1.53. The average molecular weight is 321 g/mol. The maximum atomic E-state index is 10.5. The van der Waals surface area contributed by atoms with Crippen molar-refractivity contribution >= 4 is 40.3 Å². The number of hydrogen-bond acceptors (Lipinski definition) is 2. The van der Waals surface area contributed by atoms with Crippen LogP contribution in [0.2, 0.25) is 0 Å². The molecule has 0 atom stereocenters. The second-order valence-electron chi connectivity index (χ2n) is 2.90. The Kier molecular flexibility index (Phi) is 5.32. The predicted octanol–water partition coefficient (Wildman–Crippen LogP) is 2.40. The van der Waals surface area contributed by atoms with Gasteiger partial charge in [0.1, 0.15) is 0 Å². The van der Waals surface area contributed by atoms with Crippen molar-refractivity contribution in [1.82, 2.24) is 0 Å². The van der Waals surface area contributed by atoms with E-state index in [-0.39, 0.29) is 5.91 Å². The SMILES string of the molecule is NC(=O)CCSCc1ccc(I)cc1. The van der Waals surface area contributed by atoms with Crippen LogP contribution < -0.4 is 5.73 Å². The van der Waals surface area contributed by atoms with Crippen LogP contribution in [-0.4, -0.2) is 11.7 Å². The third-order valence-corrected chi connectivity index (χ3v) is 3.42. The zero-order chi connectivity index (χ0) is 10.4. The first-order chi connectivity index (χ1) is 6.68. The smallest absolute Gasteiger partial charge is 0.218 e. The van der Waals surface area contributed by atoms with Gasteiger partial charge in [0.2, 0.25) is 5.91 Å². The summed E-state index contributed by atoms with van der Waals surface area (Å²) in [5.41, 5.74) is 6.33. The first-order valence-corrected chi connectivity index (χ1v) is 6.52. The summed E-state index contributed by atoms with van der Waals surface area (Å²) in [4.78, 5) is 10.5. The number of primary amides is 1. The topological polar surface area (TPSA) is 43.1 Å². The van der Waals surface area contributed by atoms with E-state index in [2.05, 4.69) is 46.9 Å². The van der Waals surface area contributed by atoms with E-state index in [1.165, 1.54) is 9.13 Å². The van der Waals surface area contributed by atoms with Crippen molar-refractivity contribution < 1.29 is 4.79 Å². The van der Waals surface area contributed by atoms with Crippen LogP contribution in [0.1, 0.15) is 12.0 Å². The average Bonchev–Trinajstić information content (AvgIpc) is 2.15. The molecule has 0 fully saturated rings. The lowest BCUT2D eigenvalue weighted by Gasteiger charge is -2.00. The van der Waals surface area contributed by atoms with E-state index in [0.717, 1.165) is 11.5 Å². The molecule has 0 spiro atoms. The Morgan fingerprint density at radius 3 is 2.57 bits per heavy atom. The first-order valence-electron chi connectivity index (χ1n) is 4.29. The van der Waals surface area contributed by atoms with Crippen LogP contribution in [0.15, 0.2) is 24.3 Å². The molecule has 0 aliphatic rings. The molecule has 0 bridgehead atoms. The number of nitrogens with two attached hydrogens (primary N) is 1. The van der Waals surface area contributed by atoms with Gasteiger partial charge in [-0.05, 0) is 40.3 Å². The van der Waals surface area contributed by atoms with Gasteiger partial charge in [-0.3, -0.25) is 4.79 Å². The van der Waals surface area contributed by atoms with Gasteiger partial charge >= 0.3 is 0 Å². The lowest BCUT2D eigenvalue weighted by atomic mass is 10.2. The third kappa shape index (κ3) is 4.85. The molecule has 14 heavy (non-hydrogen) atoms. The van der Waals surface area contributed by atoms with Crippen LogP contribution in [0.3, 0.4) is 0 Å². The van der Waals surface area contributed by atoms with Gasteiger partial charge in [0.05, 0.1) is 0 Å². The van der Waals surface area contributed by atoms with E-state index >= 15 is 0 Å². The number of carbonyl (C=O) groups excluding carboxylic acids is 1. The minimum Gasteiger partial charge on any atom is -0.370 e. The van der Waals surface area contributed by atoms with Crippen LogP contribution in [0.4, 0.5) is 0 Å². The molecular formula is C10H12INOS. The van der Waals surface area contributed by atoms with Gasteiger partial charge in [0.25, 0.3) is 0 Å². The highest BCUT2D eigenvalue weighted by atomic mass is 127. The zero-order valence-electron chi connectivity index (χ0n) is 7.70. The van der Waals surface area contributed by atoms with Crippen LogP contribution >= 0.6 is 34.4 Å². The molecule has 2 N–H and O–H groups in total. The molecule has 1 aromatic carbocycles. The van der Waals surface area contributed by atoms with Crippen molar-refractivity contribution in [2.24, 2.45) is 5.73 Å². The van der Waals surface area contributed by atoms with Crippen LogP contribution in [0, 0.1) is 3.57 Å². The summed E-state index contributed by atoms with van der Waals surface area (Å²) in [6.07, 6.45) is 0.467. The Balaban J connectivity index is 2.25. The lowest BCUT2D eigenvalue weighted by molar-refractivity contribution is -0.117.